The standard InChI is InChI=1S/C13H18N2O3S.C6H13N/c1-18-11-3-5-12(6-4-11)19(16,17)14-13-7-2-9-15(13)10-8-13;1-2-4-6-7-5-3-1/h3-6,14H,2,7-10H2,1H3;7H,1-6H2/p+1. The maximum absolute atomic E-state index is 12.4. The van der Waals surface area contributed by atoms with Gasteiger partial charge in [0.25, 0.3) is 0 Å². The SMILES string of the molecule is C1CCCNCC1.COc1ccc(S(=O)(=O)NC23CCC[NH+]2CC3)cc1. The van der Waals surface area contributed by atoms with Gasteiger partial charge in [0.15, 0.2) is 5.66 Å². The van der Waals surface area contributed by atoms with Crippen molar-refractivity contribution in [3.05, 3.63) is 24.3 Å². The summed E-state index contributed by atoms with van der Waals surface area (Å²) in [5, 5.41) is 3.35. The zero-order valence-corrected chi connectivity index (χ0v) is 16.5. The first-order valence-corrected chi connectivity index (χ1v) is 11.3. The molecule has 2 atom stereocenters. The van der Waals surface area contributed by atoms with Crippen molar-refractivity contribution in [2.45, 2.75) is 55.5 Å². The Morgan fingerprint density at radius 1 is 1.00 bits per heavy atom. The summed E-state index contributed by atoms with van der Waals surface area (Å²) in [6.07, 6.45) is 8.63. The Kier molecular flexibility index (Phi) is 6.55. The molecule has 146 valence electrons. The molecule has 1 aromatic carbocycles. The molecule has 6 nitrogen and oxygen atoms in total. The minimum Gasteiger partial charge on any atom is -0.497 e. The Bertz CT molecular complexity index is 658. The fourth-order valence-corrected chi connectivity index (χ4v) is 5.57. The van der Waals surface area contributed by atoms with E-state index in [1.807, 2.05) is 0 Å². The predicted octanol–water partition coefficient (Wildman–Crippen LogP) is 0.902. The zero-order chi connectivity index (χ0) is 18.5. The molecule has 0 radical (unpaired) electrons. The average Bonchev–Trinajstić information content (AvgIpc) is 2.86. The average molecular weight is 383 g/mol. The third-order valence-electron chi connectivity index (χ3n) is 5.77. The fraction of sp³-hybridized carbons (Fsp3) is 0.684. The maximum Gasteiger partial charge on any atom is 0.245 e. The fourth-order valence-electron chi connectivity index (χ4n) is 4.10. The van der Waals surface area contributed by atoms with Crippen molar-refractivity contribution in [1.29, 1.82) is 0 Å². The van der Waals surface area contributed by atoms with Crippen LogP contribution in [0.3, 0.4) is 0 Å². The molecular weight excluding hydrogens is 350 g/mol. The van der Waals surface area contributed by atoms with Crippen LogP contribution in [0.1, 0.15) is 44.9 Å². The number of hydrogen-bond donors (Lipinski definition) is 3. The smallest absolute Gasteiger partial charge is 0.245 e. The maximum atomic E-state index is 12.4. The largest absolute Gasteiger partial charge is 0.497 e. The predicted molar refractivity (Wildman–Crippen MR) is 102 cm³/mol. The van der Waals surface area contributed by atoms with Crippen molar-refractivity contribution in [3.63, 3.8) is 0 Å². The van der Waals surface area contributed by atoms with Crippen LogP contribution >= 0.6 is 0 Å². The molecule has 3 heterocycles. The number of methoxy groups -OCH3 is 1. The Balaban J connectivity index is 0.000000236. The van der Waals surface area contributed by atoms with Gasteiger partial charge in [-0.3, -0.25) is 0 Å². The van der Waals surface area contributed by atoms with Gasteiger partial charge >= 0.3 is 0 Å². The number of nitrogens with one attached hydrogen (secondary N) is 3. The number of rotatable bonds is 4. The van der Waals surface area contributed by atoms with Crippen molar-refractivity contribution in [2.75, 3.05) is 33.3 Å². The second-order valence-electron chi connectivity index (χ2n) is 7.48. The number of fused-ring (bicyclic) bond motifs is 1. The topological polar surface area (TPSA) is 71.9 Å². The van der Waals surface area contributed by atoms with Crippen LogP contribution in [0.25, 0.3) is 0 Å². The molecule has 0 bridgehead atoms. The minimum absolute atomic E-state index is 0.237. The van der Waals surface area contributed by atoms with Crippen molar-refractivity contribution >= 4 is 10.0 Å². The number of quaternary nitrogens is 1. The summed E-state index contributed by atoms with van der Waals surface area (Å²) in [6, 6.07) is 6.52. The van der Waals surface area contributed by atoms with E-state index in [0.29, 0.717) is 10.6 Å². The van der Waals surface area contributed by atoms with Crippen molar-refractivity contribution in [2.24, 2.45) is 0 Å². The molecule has 0 amide bonds. The van der Waals surface area contributed by atoms with Crippen molar-refractivity contribution in [1.82, 2.24) is 10.0 Å². The van der Waals surface area contributed by atoms with E-state index < -0.39 is 10.0 Å². The molecule has 0 saturated carbocycles. The molecule has 3 aliphatic rings. The summed E-state index contributed by atoms with van der Waals surface area (Å²) in [6.45, 7) is 4.65. The van der Waals surface area contributed by atoms with E-state index in [0.717, 1.165) is 32.4 Å². The van der Waals surface area contributed by atoms with Gasteiger partial charge in [0, 0.05) is 12.8 Å². The van der Waals surface area contributed by atoms with E-state index in [2.05, 4.69) is 10.0 Å². The second kappa shape index (κ2) is 8.69. The quantitative estimate of drug-likeness (QED) is 0.724. The molecule has 3 fully saturated rings. The van der Waals surface area contributed by atoms with Gasteiger partial charge in [-0.15, -0.1) is 0 Å². The highest BCUT2D eigenvalue weighted by Crippen LogP contribution is 2.24. The molecule has 3 aliphatic heterocycles. The number of hydrogen-bond acceptors (Lipinski definition) is 4. The highest BCUT2D eigenvalue weighted by atomic mass is 32.2. The van der Waals surface area contributed by atoms with Gasteiger partial charge in [0.2, 0.25) is 10.0 Å². The zero-order valence-electron chi connectivity index (χ0n) is 15.7. The van der Waals surface area contributed by atoms with Gasteiger partial charge in [-0.05, 0) is 50.2 Å². The van der Waals surface area contributed by atoms with Crippen LogP contribution < -0.4 is 19.7 Å². The highest BCUT2D eigenvalue weighted by molar-refractivity contribution is 7.89. The Morgan fingerprint density at radius 3 is 2.23 bits per heavy atom. The van der Waals surface area contributed by atoms with E-state index in [4.69, 9.17) is 4.74 Å². The number of ether oxygens (including phenoxy) is 1. The van der Waals surface area contributed by atoms with Crippen LogP contribution in [0.4, 0.5) is 0 Å². The number of benzene rings is 1. The van der Waals surface area contributed by atoms with Gasteiger partial charge in [-0.1, -0.05) is 12.8 Å². The Labute approximate surface area is 157 Å². The molecule has 7 heteroatoms. The van der Waals surface area contributed by atoms with Crippen LogP contribution in [0.15, 0.2) is 29.2 Å². The van der Waals surface area contributed by atoms with Crippen LogP contribution in [0, 0.1) is 0 Å². The monoisotopic (exact) mass is 382 g/mol. The number of sulfonamides is 1. The lowest BCUT2D eigenvalue weighted by Gasteiger charge is -2.43. The first kappa shape index (κ1) is 19.6. The van der Waals surface area contributed by atoms with Crippen LogP contribution in [-0.4, -0.2) is 47.4 Å². The summed E-state index contributed by atoms with van der Waals surface area (Å²) in [5.74, 6) is 0.661. The molecule has 3 saturated heterocycles. The van der Waals surface area contributed by atoms with E-state index in [-0.39, 0.29) is 5.66 Å². The molecule has 0 aliphatic carbocycles. The van der Waals surface area contributed by atoms with Crippen molar-refractivity contribution < 1.29 is 18.1 Å². The lowest BCUT2D eigenvalue weighted by Crippen LogP contribution is -3.26. The molecule has 2 unspecified atom stereocenters. The molecular formula is C19H32N3O3S+. The summed E-state index contributed by atoms with van der Waals surface area (Å²) in [5.41, 5.74) is -0.237. The van der Waals surface area contributed by atoms with E-state index >= 15 is 0 Å². The first-order valence-electron chi connectivity index (χ1n) is 9.80. The van der Waals surface area contributed by atoms with Crippen LogP contribution in [0.2, 0.25) is 0 Å². The van der Waals surface area contributed by atoms with Gasteiger partial charge in [-0.2, -0.15) is 4.72 Å². The third kappa shape index (κ3) is 4.57. The van der Waals surface area contributed by atoms with Crippen LogP contribution in [0.5, 0.6) is 5.75 Å². The molecule has 0 aromatic heterocycles. The minimum atomic E-state index is -3.44. The Morgan fingerprint density at radius 2 is 1.69 bits per heavy atom. The van der Waals surface area contributed by atoms with Gasteiger partial charge in [0.1, 0.15) is 5.75 Å². The molecule has 3 N–H and O–H groups in total. The van der Waals surface area contributed by atoms with Gasteiger partial charge in [0.05, 0.1) is 31.5 Å². The first-order chi connectivity index (χ1) is 12.6. The van der Waals surface area contributed by atoms with Crippen molar-refractivity contribution in [3.8, 4) is 5.75 Å². The summed E-state index contributed by atoms with van der Waals surface area (Å²) in [4.78, 5) is 1.69. The summed E-state index contributed by atoms with van der Waals surface area (Å²) < 4.78 is 32.8. The Hall–Kier alpha value is -1.15. The van der Waals surface area contributed by atoms with E-state index in [1.54, 1.807) is 31.4 Å². The lowest BCUT2D eigenvalue weighted by molar-refractivity contribution is -0.985. The van der Waals surface area contributed by atoms with E-state index in [1.165, 1.54) is 43.7 Å². The third-order valence-corrected chi connectivity index (χ3v) is 7.32. The summed E-state index contributed by atoms with van der Waals surface area (Å²) >= 11 is 0. The van der Waals surface area contributed by atoms with Gasteiger partial charge < -0.3 is 15.0 Å². The molecule has 26 heavy (non-hydrogen) atoms. The highest BCUT2D eigenvalue weighted by Gasteiger charge is 2.55. The molecule has 0 spiro atoms. The second-order valence-corrected chi connectivity index (χ2v) is 9.17. The molecule has 1 aromatic rings. The van der Waals surface area contributed by atoms with Gasteiger partial charge in [-0.25, -0.2) is 8.42 Å². The summed E-state index contributed by atoms with van der Waals surface area (Å²) in [7, 11) is -1.87. The van der Waals surface area contributed by atoms with E-state index in [9.17, 15) is 8.42 Å². The normalized spacial score (nSPS) is 28.1. The lowest BCUT2D eigenvalue weighted by atomic mass is 9.97. The molecule has 4 rings (SSSR count). The van der Waals surface area contributed by atoms with Crippen LogP contribution in [-0.2, 0) is 10.0 Å².